The summed E-state index contributed by atoms with van der Waals surface area (Å²) < 4.78 is 5.18. The molecule has 0 aromatic heterocycles. The molecule has 1 aromatic rings. The van der Waals surface area contributed by atoms with Crippen LogP contribution in [0, 0.1) is 17.8 Å². The van der Waals surface area contributed by atoms with Crippen molar-refractivity contribution < 1.29 is 9.53 Å². The molecule has 0 radical (unpaired) electrons. The van der Waals surface area contributed by atoms with Crippen LogP contribution in [0.25, 0.3) is 0 Å². The topological polar surface area (TPSA) is 26.3 Å². The predicted molar refractivity (Wildman–Crippen MR) is 66.0 cm³/mol. The van der Waals surface area contributed by atoms with Gasteiger partial charge in [-0.05, 0) is 42.4 Å². The van der Waals surface area contributed by atoms with Gasteiger partial charge in [0, 0.05) is 12.3 Å². The maximum absolute atomic E-state index is 12.1. The lowest BCUT2D eigenvalue weighted by Gasteiger charge is -2.05. The van der Waals surface area contributed by atoms with Crippen LogP contribution in [0.2, 0.25) is 0 Å². The molecule has 1 aromatic carbocycles. The Morgan fingerprint density at radius 2 is 2.12 bits per heavy atom. The number of Topliss-reactive ketones (excluding diaryl/α,β-unsaturated/α-hetero) is 1. The van der Waals surface area contributed by atoms with Crippen LogP contribution in [-0.2, 0) is 11.2 Å². The van der Waals surface area contributed by atoms with E-state index in [0.29, 0.717) is 18.1 Å². The summed E-state index contributed by atoms with van der Waals surface area (Å²) in [6.45, 7) is 0. The van der Waals surface area contributed by atoms with Gasteiger partial charge < -0.3 is 4.74 Å². The third-order valence-electron chi connectivity index (χ3n) is 4.29. The van der Waals surface area contributed by atoms with E-state index in [1.807, 2.05) is 24.3 Å². The monoisotopic (exact) mass is 230 g/mol. The summed E-state index contributed by atoms with van der Waals surface area (Å²) in [6, 6.07) is 7.85. The minimum absolute atomic E-state index is 0.384. The molecule has 0 amide bonds. The Bertz CT molecular complexity index is 428. The zero-order valence-electron chi connectivity index (χ0n) is 10.2. The smallest absolute Gasteiger partial charge is 0.140 e. The second-order valence-electron chi connectivity index (χ2n) is 5.28. The van der Waals surface area contributed by atoms with Gasteiger partial charge in [-0.3, -0.25) is 4.79 Å². The number of ether oxygens (including phenoxy) is 1. The Morgan fingerprint density at radius 3 is 2.82 bits per heavy atom. The van der Waals surface area contributed by atoms with Crippen molar-refractivity contribution in [3.8, 4) is 5.75 Å². The maximum atomic E-state index is 12.1. The van der Waals surface area contributed by atoms with E-state index in [2.05, 4.69) is 0 Å². The van der Waals surface area contributed by atoms with E-state index in [4.69, 9.17) is 4.74 Å². The number of ketones is 1. The predicted octanol–water partition coefficient (Wildman–Crippen LogP) is 2.85. The molecule has 2 aliphatic carbocycles. The van der Waals surface area contributed by atoms with Gasteiger partial charge in [-0.2, -0.15) is 0 Å². The van der Waals surface area contributed by atoms with Crippen LogP contribution < -0.4 is 4.74 Å². The van der Waals surface area contributed by atoms with Gasteiger partial charge in [0.1, 0.15) is 11.5 Å². The standard InChI is InChI=1S/C15H18O2/c1-17-11-5-2-4-10(8-11)9-14(16)15-12-6-3-7-13(12)15/h2,4-5,8,12-13,15H,3,6-7,9H2,1H3. The summed E-state index contributed by atoms with van der Waals surface area (Å²) in [6.07, 6.45) is 4.46. The van der Waals surface area contributed by atoms with Crippen LogP contribution in [0.5, 0.6) is 5.75 Å². The van der Waals surface area contributed by atoms with Gasteiger partial charge in [0.05, 0.1) is 7.11 Å². The summed E-state index contributed by atoms with van der Waals surface area (Å²) in [5, 5.41) is 0. The van der Waals surface area contributed by atoms with E-state index in [1.54, 1.807) is 7.11 Å². The van der Waals surface area contributed by atoms with E-state index in [9.17, 15) is 4.79 Å². The minimum Gasteiger partial charge on any atom is -0.497 e. The van der Waals surface area contributed by atoms with Gasteiger partial charge in [-0.15, -0.1) is 0 Å². The lowest BCUT2D eigenvalue weighted by Crippen LogP contribution is -2.09. The quantitative estimate of drug-likeness (QED) is 0.795. The van der Waals surface area contributed by atoms with Gasteiger partial charge in [-0.25, -0.2) is 0 Å². The Morgan fingerprint density at radius 1 is 1.35 bits per heavy atom. The molecule has 2 saturated carbocycles. The molecule has 0 aliphatic heterocycles. The fourth-order valence-electron chi connectivity index (χ4n) is 3.40. The molecule has 0 spiro atoms. The first-order valence-corrected chi connectivity index (χ1v) is 6.45. The SMILES string of the molecule is COc1cccc(CC(=O)C2C3CCCC32)c1. The van der Waals surface area contributed by atoms with Crippen LogP contribution in [0.3, 0.4) is 0 Å². The number of carbonyl (C=O) groups excluding carboxylic acids is 1. The molecule has 3 rings (SSSR count). The average Bonchev–Trinajstić information content (AvgIpc) is 2.84. The molecule has 2 unspecified atom stereocenters. The lowest BCUT2D eigenvalue weighted by molar-refractivity contribution is -0.120. The van der Waals surface area contributed by atoms with Gasteiger partial charge in [-0.1, -0.05) is 18.6 Å². The summed E-state index contributed by atoms with van der Waals surface area (Å²) in [7, 11) is 1.66. The van der Waals surface area contributed by atoms with Crippen LogP contribution >= 0.6 is 0 Å². The average molecular weight is 230 g/mol. The van der Waals surface area contributed by atoms with E-state index in [0.717, 1.165) is 23.1 Å². The molecule has 17 heavy (non-hydrogen) atoms. The largest absolute Gasteiger partial charge is 0.497 e. The minimum atomic E-state index is 0.384. The first kappa shape index (κ1) is 10.8. The van der Waals surface area contributed by atoms with Gasteiger partial charge in [0.25, 0.3) is 0 Å². The number of rotatable bonds is 4. The molecule has 90 valence electrons. The van der Waals surface area contributed by atoms with Crippen molar-refractivity contribution in [3.63, 3.8) is 0 Å². The second-order valence-corrected chi connectivity index (χ2v) is 5.28. The van der Waals surface area contributed by atoms with Crippen molar-refractivity contribution in [2.75, 3.05) is 7.11 Å². The highest BCUT2D eigenvalue weighted by Crippen LogP contribution is 2.58. The molecule has 2 fully saturated rings. The first-order valence-electron chi connectivity index (χ1n) is 6.45. The van der Waals surface area contributed by atoms with Crippen molar-refractivity contribution >= 4 is 5.78 Å². The fraction of sp³-hybridized carbons (Fsp3) is 0.533. The van der Waals surface area contributed by atoms with E-state index in [-0.39, 0.29) is 0 Å². The van der Waals surface area contributed by atoms with Gasteiger partial charge in [0.15, 0.2) is 0 Å². The molecular weight excluding hydrogens is 212 g/mol. The highest BCUT2D eigenvalue weighted by atomic mass is 16.5. The number of hydrogen-bond acceptors (Lipinski definition) is 2. The number of hydrogen-bond donors (Lipinski definition) is 0. The maximum Gasteiger partial charge on any atom is 0.140 e. The van der Waals surface area contributed by atoms with E-state index in [1.165, 1.54) is 19.3 Å². The Hall–Kier alpha value is -1.31. The zero-order chi connectivity index (χ0) is 11.8. The Kier molecular flexibility index (Phi) is 2.65. The second kappa shape index (κ2) is 4.17. The molecule has 0 bridgehead atoms. The van der Waals surface area contributed by atoms with Gasteiger partial charge >= 0.3 is 0 Å². The Balaban J connectivity index is 1.64. The number of carbonyl (C=O) groups is 1. The van der Waals surface area contributed by atoms with Crippen molar-refractivity contribution in [2.24, 2.45) is 17.8 Å². The fourth-order valence-corrected chi connectivity index (χ4v) is 3.40. The number of fused-ring (bicyclic) bond motifs is 1. The summed E-state index contributed by atoms with van der Waals surface area (Å²) in [5.74, 6) is 3.12. The molecule has 0 saturated heterocycles. The third-order valence-corrected chi connectivity index (χ3v) is 4.29. The normalized spacial score (nSPS) is 29.8. The molecule has 0 heterocycles. The van der Waals surface area contributed by atoms with Crippen molar-refractivity contribution in [2.45, 2.75) is 25.7 Å². The van der Waals surface area contributed by atoms with Crippen molar-refractivity contribution in [1.29, 1.82) is 0 Å². The molecule has 2 atom stereocenters. The summed E-state index contributed by atoms with van der Waals surface area (Å²) in [4.78, 5) is 12.1. The van der Waals surface area contributed by atoms with Crippen LogP contribution in [0.1, 0.15) is 24.8 Å². The lowest BCUT2D eigenvalue weighted by atomic mass is 10.0. The van der Waals surface area contributed by atoms with Crippen molar-refractivity contribution in [3.05, 3.63) is 29.8 Å². The highest BCUT2D eigenvalue weighted by molar-refractivity contribution is 5.86. The molecular formula is C15H18O2. The zero-order valence-corrected chi connectivity index (χ0v) is 10.2. The number of methoxy groups -OCH3 is 1. The molecule has 0 N–H and O–H groups in total. The van der Waals surface area contributed by atoms with E-state index >= 15 is 0 Å². The summed E-state index contributed by atoms with van der Waals surface area (Å²) >= 11 is 0. The molecule has 2 aliphatic rings. The molecule has 2 nitrogen and oxygen atoms in total. The summed E-state index contributed by atoms with van der Waals surface area (Å²) in [5.41, 5.74) is 1.08. The first-order chi connectivity index (χ1) is 8.29. The number of benzene rings is 1. The van der Waals surface area contributed by atoms with Crippen LogP contribution in [0.4, 0.5) is 0 Å². The Labute approximate surface area is 102 Å². The van der Waals surface area contributed by atoms with E-state index < -0.39 is 0 Å². The van der Waals surface area contributed by atoms with Crippen molar-refractivity contribution in [1.82, 2.24) is 0 Å². The molecule has 2 heteroatoms. The third kappa shape index (κ3) is 1.97. The van der Waals surface area contributed by atoms with Crippen LogP contribution in [0.15, 0.2) is 24.3 Å². The van der Waals surface area contributed by atoms with Gasteiger partial charge in [0.2, 0.25) is 0 Å². The highest BCUT2D eigenvalue weighted by Gasteiger charge is 2.55. The van der Waals surface area contributed by atoms with Crippen LogP contribution in [-0.4, -0.2) is 12.9 Å².